The highest BCUT2D eigenvalue weighted by Crippen LogP contribution is 2.45. The first kappa shape index (κ1) is 95.1. The molecule has 0 bridgehead atoms. The van der Waals surface area contributed by atoms with Crippen LogP contribution in [0.3, 0.4) is 0 Å². The van der Waals surface area contributed by atoms with Crippen molar-refractivity contribution in [3.63, 3.8) is 0 Å². The number of carbonyl (C=O) groups excluding carboxylic acids is 4. The molecule has 0 heterocycles. The number of ether oxygens (including phenoxy) is 4. The second-order valence-electron chi connectivity index (χ2n) is 28.8. The number of carbonyl (C=O) groups is 4. The van der Waals surface area contributed by atoms with Gasteiger partial charge in [-0.3, -0.25) is 37.3 Å². The first-order chi connectivity index (χ1) is 46.8. The second-order valence-corrected chi connectivity index (χ2v) is 31.7. The Kier molecular flexibility index (Phi) is 67.1. The first-order valence-corrected chi connectivity index (χ1v) is 43.5. The normalized spacial score (nSPS) is 14.9. The lowest BCUT2D eigenvalue weighted by atomic mass is 9.99. The Bertz CT molecular complexity index is 1890. The van der Waals surface area contributed by atoms with Crippen LogP contribution in [0.5, 0.6) is 0 Å². The zero-order chi connectivity index (χ0) is 71.6. The van der Waals surface area contributed by atoms with Gasteiger partial charge in [0, 0.05) is 25.7 Å². The maximum Gasteiger partial charge on any atom is 0.472 e. The minimum Gasteiger partial charge on any atom is -0.462 e. The smallest absolute Gasteiger partial charge is 0.462 e. The van der Waals surface area contributed by atoms with Gasteiger partial charge in [0.2, 0.25) is 0 Å². The van der Waals surface area contributed by atoms with Crippen LogP contribution in [-0.4, -0.2) is 96.7 Å². The molecule has 3 N–H and O–H groups in total. The van der Waals surface area contributed by atoms with Gasteiger partial charge in [0.25, 0.3) is 0 Å². The topological polar surface area (TPSA) is 237 Å². The molecule has 0 saturated carbocycles. The number of phosphoric ester groups is 2. The van der Waals surface area contributed by atoms with Gasteiger partial charge >= 0.3 is 39.5 Å². The molecular formula is C78H152O17P2. The molecule has 17 nitrogen and oxygen atoms in total. The molecule has 0 aliphatic carbocycles. The van der Waals surface area contributed by atoms with E-state index in [-0.39, 0.29) is 25.7 Å². The van der Waals surface area contributed by atoms with E-state index in [9.17, 15) is 43.2 Å². The van der Waals surface area contributed by atoms with Gasteiger partial charge in [0.15, 0.2) is 12.2 Å². The van der Waals surface area contributed by atoms with Crippen molar-refractivity contribution in [1.29, 1.82) is 0 Å². The number of aliphatic hydroxyl groups excluding tert-OH is 1. The standard InChI is InChI=1S/C78H152O17P2/c1-8-12-13-14-15-16-17-18-19-23-26-29-38-45-52-59-75(80)88-65-73(94-77(82)61-54-47-40-30-27-24-21-20-22-25-28-35-42-49-56-69(5)9-2)67-92-96(84,85)90-63-72(79)64-91-97(86,87)93-68-74(95-78(83)62-55-48-41-34-32-37-44-51-58-71(7)11-4)66-89-76(81)60-53-46-39-33-31-36-43-50-57-70(6)10-3/h69-74,79H,8-68H2,1-7H3,(H,84,85)(H,86,87)/t69?,70?,71?,72-,73-,74-/m1/s1. The summed E-state index contributed by atoms with van der Waals surface area (Å²) in [5.74, 6) is 0.277. The van der Waals surface area contributed by atoms with E-state index in [1.165, 1.54) is 212 Å². The third-order valence-corrected chi connectivity index (χ3v) is 21.1. The highest BCUT2D eigenvalue weighted by molar-refractivity contribution is 7.47. The third-order valence-electron chi connectivity index (χ3n) is 19.2. The molecule has 97 heavy (non-hydrogen) atoms. The van der Waals surface area contributed by atoms with Crippen LogP contribution in [-0.2, 0) is 65.4 Å². The third kappa shape index (κ3) is 68.3. The fourth-order valence-corrected chi connectivity index (χ4v) is 13.4. The Morgan fingerprint density at radius 1 is 0.289 bits per heavy atom. The van der Waals surface area contributed by atoms with Crippen LogP contribution in [0.1, 0.15) is 402 Å². The first-order valence-electron chi connectivity index (χ1n) is 40.5. The molecule has 0 aromatic heterocycles. The second kappa shape index (κ2) is 68.5. The summed E-state index contributed by atoms with van der Waals surface area (Å²) in [7, 11) is -9.92. The molecule has 0 amide bonds. The van der Waals surface area contributed by atoms with E-state index in [2.05, 4.69) is 48.5 Å². The van der Waals surface area contributed by atoms with Gasteiger partial charge in [0.1, 0.15) is 19.3 Å². The molecule has 0 spiro atoms. The van der Waals surface area contributed by atoms with Crippen molar-refractivity contribution in [3.05, 3.63) is 0 Å². The Morgan fingerprint density at radius 2 is 0.495 bits per heavy atom. The molecule has 0 aliphatic heterocycles. The molecule has 0 saturated heterocycles. The quantitative estimate of drug-likeness (QED) is 0.0222. The van der Waals surface area contributed by atoms with Gasteiger partial charge in [-0.05, 0) is 43.4 Å². The number of hydrogen-bond donors (Lipinski definition) is 3. The zero-order valence-electron chi connectivity index (χ0n) is 63.5. The summed E-state index contributed by atoms with van der Waals surface area (Å²) in [6.07, 6.45) is 55.2. The summed E-state index contributed by atoms with van der Waals surface area (Å²) in [6, 6.07) is 0. The highest BCUT2D eigenvalue weighted by atomic mass is 31.2. The van der Waals surface area contributed by atoms with Gasteiger partial charge in [-0.25, -0.2) is 9.13 Å². The predicted octanol–water partition coefficient (Wildman–Crippen LogP) is 23.0. The maximum atomic E-state index is 13.1. The van der Waals surface area contributed by atoms with Crippen molar-refractivity contribution in [2.24, 2.45) is 17.8 Å². The van der Waals surface area contributed by atoms with Crippen molar-refractivity contribution in [2.75, 3.05) is 39.6 Å². The molecule has 19 heteroatoms. The molecule has 0 aromatic rings. The van der Waals surface area contributed by atoms with Gasteiger partial charge < -0.3 is 33.8 Å². The minimum atomic E-state index is -4.96. The van der Waals surface area contributed by atoms with Crippen LogP contribution in [0.25, 0.3) is 0 Å². The van der Waals surface area contributed by atoms with E-state index in [1.807, 2.05) is 0 Å². The number of esters is 4. The lowest BCUT2D eigenvalue weighted by Gasteiger charge is -2.21. The average molecular weight is 1420 g/mol. The van der Waals surface area contributed by atoms with E-state index < -0.39 is 97.5 Å². The van der Waals surface area contributed by atoms with Crippen LogP contribution >= 0.6 is 15.6 Å². The Labute approximate surface area is 594 Å². The zero-order valence-corrected chi connectivity index (χ0v) is 65.3. The van der Waals surface area contributed by atoms with Gasteiger partial charge in [0.05, 0.1) is 26.4 Å². The fraction of sp³-hybridized carbons (Fsp3) is 0.949. The summed E-state index contributed by atoms with van der Waals surface area (Å²) >= 11 is 0. The minimum absolute atomic E-state index is 0.105. The summed E-state index contributed by atoms with van der Waals surface area (Å²) in [5.41, 5.74) is 0. The lowest BCUT2D eigenvalue weighted by molar-refractivity contribution is -0.161. The van der Waals surface area contributed by atoms with E-state index in [0.29, 0.717) is 25.7 Å². The van der Waals surface area contributed by atoms with Crippen LogP contribution < -0.4 is 0 Å². The SMILES string of the molecule is CCCCCCCCCCCCCCCCCC(=O)OC[C@H](COP(=O)(O)OC[C@@H](O)COP(=O)(O)OC[C@@H](COC(=O)CCCCCCCCCCC(C)CC)OC(=O)CCCCCCCCCCC(C)CC)OC(=O)CCCCCCCCCCCCCCCCC(C)CC. The maximum absolute atomic E-state index is 13.1. The van der Waals surface area contributed by atoms with Crippen molar-refractivity contribution in [2.45, 2.75) is 420 Å². The molecular weight excluding hydrogens is 1270 g/mol. The monoisotopic (exact) mass is 1420 g/mol. The van der Waals surface area contributed by atoms with Gasteiger partial charge in [-0.15, -0.1) is 0 Å². The lowest BCUT2D eigenvalue weighted by Crippen LogP contribution is -2.30. The average Bonchev–Trinajstić information content (AvgIpc) is 1.08. The van der Waals surface area contributed by atoms with E-state index in [1.54, 1.807) is 0 Å². The summed E-state index contributed by atoms with van der Waals surface area (Å²) in [4.78, 5) is 72.9. The molecule has 0 aromatic carbocycles. The molecule has 0 aliphatic rings. The number of phosphoric acid groups is 2. The van der Waals surface area contributed by atoms with Crippen molar-refractivity contribution in [3.8, 4) is 0 Å². The fourth-order valence-electron chi connectivity index (χ4n) is 11.9. The number of hydrogen-bond acceptors (Lipinski definition) is 15. The summed E-state index contributed by atoms with van der Waals surface area (Å²) in [6.45, 7) is 12.0. The molecule has 8 atom stereocenters. The van der Waals surface area contributed by atoms with Crippen molar-refractivity contribution in [1.82, 2.24) is 0 Å². The van der Waals surface area contributed by atoms with Gasteiger partial charge in [-0.1, -0.05) is 350 Å². The van der Waals surface area contributed by atoms with Crippen LogP contribution in [0.4, 0.5) is 0 Å². The predicted molar refractivity (Wildman–Crippen MR) is 395 cm³/mol. The Morgan fingerprint density at radius 3 is 0.732 bits per heavy atom. The Hall–Kier alpha value is -1.94. The summed E-state index contributed by atoms with van der Waals surface area (Å²) in [5, 5.41) is 10.6. The number of rotatable bonds is 76. The number of aliphatic hydroxyl groups is 1. The largest absolute Gasteiger partial charge is 0.472 e. The Balaban J connectivity index is 5.27. The molecule has 0 radical (unpaired) electrons. The molecule has 0 fully saturated rings. The van der Waals surface area contributed by atoms with Crippen LogP contribution in [0.2, 0.25) is 0 Å². The van der Waals surface area contributed by atoms with E-state index in [4.69, 9.17) is 37.0 Å². The van der Waals surface area contributed by atoms with E-state index in [0.717, 1.165) is 108 Å². The number of unbranched alkanes of at least 4 members (excludes halogenated alkanes) is 41. The van der Waals surface area contributed by atoms with Crippen molar-refractivity contribution >= 4 is 39.5 Å². The summed E-state index contributed by atoms with van der Waals surface area (Å²) < 4.78 is 68.6. The molecule has 5 unspecified atom stereocenters. The van der Waals surface area contributed by atoms with Crippen LogP contribution in [0, 0.1) is 17.8 Å². The van der Waals surface area contributed by atoms with Crippen molar-refractivity contribution < 1.29 is 80.2 Å². The van der Waals surface area contributed by atoms with Gasteiger partial charge in [-0.2, -0.15) is 0 Å². The van der Waals surface area contributed by atoms with E-state index >= 15 is 0 Å². The highest BCUT2D eigenvalue weighted by Gasteiger charge is 2.30. The molecule has 576 valence electrons. The molecule has 0 rings (SSSR count). The van der Waals surface area contributed by atoms with Crippen LogP contribution in [0.15, 0.2) is 0 Å².